The molecule has 34 heavy (non-hydrogen) atoms. The molecule has 0 saturated heterocycles. The van der Waals surface area contributed by atoms with Crippen LogP contribution in [-0.2, 0) is 16.0 Å². The van der Waals surface area contributed by atoms with Crippen LogP contribution in [0.5, 0.6) is 11.5 Å². The van der Waals surface area contributed by atoms with Gasteiger partial charge >= 0.3 is 5.97 Å². The van der Waals surface area contributed by atoms with Gasteiger partial charge in [0.2, 0.25) is 5.91 Å². The fraction of sp³-hybridized carbons (Fsp3) is 0.259. The van der Waals surface area contributed by atoms with Crippen LogP contribution < -0.4 is 14.4 Å². The van der Waals surface area contributed by atoms with Crippen molar-refractivity contribution in [1.82, 2.24) is 0 Å². The Hall–Kier alpha value is -3.51. The second kappa shape index (κ2) is 10.2. The Morgan fingerprint density at radius 1 is 0.971 bits per heavy atom. The molecule has 0 aliphatic carbocycles. The van der Waals surface area contributed by atoms with E-state index in [2.05, 4.69) is 0 Å². The maximum absolute atomic E-state index is 13.5. The van der Waals surface area contributed by atoms with Crippen LogP contribution in [0.2, 0.25) is 5.02 Å². The van der Waals surface area contributed by atoms with Gasteiger partial charge in [0.15, 0.2) is 11.5 Å². The monoisotopic (exact) mass is 479 g/mol. The van der Waals surface area contributed by atoms with Gasteiger partial charge in [-0.3, -0.25) is 4.79 Å². The van der Waals surface area contributed by atoms with Gasteiger partial charge in [-0.05, 0) is 79.1 Å². The van der Waals surface area contributed by atoms with Gasteiger partial charge in [-0.2, -0.15) is 0 Å². The second-order valence-electron chi connectivity index (χ2n) is 7.80. The summed E-state index contributed by atoms with van der Waals surface area (Å²) in [6.07, 6.45) is 0.213. The molecule has 1 amide bonds. The van der Waals surface area contributed by atoms with Crippen LogP contribution in [0.3, 0.4) is 0 Å². The highest BCUT2D eigenvalue weighted by Crippen LogP contribution is 2.43. The van der Waals surface area contributed by atoms with Crippen molar-refractivity contribution >= 4 is 29.2 Å². The SMILES string of the molecule is CCOc1cc2c(cc1OCC)[C@H](c1ccc(Cl)cc1)N(c1ccc(C(=O)OC)cc1)C(=O)C2. The summed E-state index contributed by atoms with van der Waals surface area (Å²) in [4.78, 5) is 27.1. The summed E-state index contributed by atoms with van der Waals surface area (Å²) in [5, 5.41) is 0.613. The highest BCUT2D eigenvalue weighted by Gasteiger charge is 2.36. The van der Waals surface area contributed by atoms with Crippen LogP contribution in [0.4, 0.5) is 5.69 Å². The number of fused-ring (bicyclic) bond motifs is 1. The highest BCUT2D eigenvalue weighted by atomic mass is 35.5. The normalized spacial score (nSPS) is 15.0. The van der Waals surface area contributed by atoms with Crippen LogP contribution >= 0.6 is 11.6 Å². The number of halogens is 1. The first-order chi connectivity index (χ1) is 16.5. The number of methoxy groups -OCH3 is 1. The largest absolute Gasteiger partial charge is 0.490 e. The number of benzene rings is 3. The molecule has 4 rings (SSSR count). The molecule has 0 bridgehead atoms. The van der Waals surface area contributed by atoms with Crippen molar-refractivity contribution in [3.05, 3.63) is 87.9 Å². The van der Waals surface area contributed by atoms with E-state index in [0.29, 0.717) is 41.0 Å². The third-order valence-corrected chi connectivity index (χ3v) is 5.97. The number of carbonyl (C=O) groups is 2. The molecule has 0 spiro atoms. The zero-order chi connectivity index (χ0) is 24.2. The van der Waals surface area contributed by atoms with E-state index < -0.39 is 12.0 Å². The minimum absolute atomic E-state index is 0.0649. The van der Waals surface area contributed by atoms with Gasteiger partial charge in [-0.25, -0.2) is 4.79 Å². The van der Waals surface area contributed by atoms with E-state index >= 15 is 0 Å². The maximum Gasteiger partial charge on any atom is 0.337 e. The summed E-state index contributed by atoms with van der Waals surface area (Å²) in [5.74, 6) is 0.768. The van der Waals surface area contributed by atoms with Crippen molar-refractivity contribution in [3.8, 4) is 11.5 Å². The quantitative estimate of drug-likeness (QED) is 0.412. The molecule has 3 aromatic rings. The van der Waals surface area contributed by atoms with Crippen molar-refractivity contribution in [1.29, 1.82) is 0 Å². The highest BCUT2D eigenvalue weighted by molar-refractivity contribution is 6.30. The van der Waals surface area contributed by atoms with Crippen molar-refractivity contribution < 1.29 is 23.8 Å². The third-order valence-electron chi connectivity index (χ3n) is 5.72. The molecule has 0 fully saturated rings. The third kappa shape index (κ3) is 4.59. The number of amides is 1. The molecular formula is C27H26ClNO5. The van der Waals surface area contributed by atoms with E-state index in [1.54, 1.807) is 29.2 Å². The van der Waals surface area contributed by atoms with E-state index in [0.717, 1.165) is 16.7 Å². The summed E-state index contributed by atoms with van der Waals surface area (Å²) < 4.78 is 16.5. The molecule has 1 aliphatic heterocycles. The van der Waals surface area contributed by atoms with Crippen molar-refractivity contribution in [3.63, 3.8) is 0 Å². The van der Waals surface area contributed by atoms with Crippen LogP contribution in [0, 0.1) is 0 Å². The second-order valence-corrected chi connectivity index (χ2v) is 8.23. The minimum atomic E-state index is -0.430. The predicted molar refractivity (Wildman–Crippen MR) is 131 cm³/mol. The number of hydrogen-bond donors (Lipinski definition) is 0. The fourth-order valence-electron chi connectivity index (χ4n) is 4.24. The van der Waals surface area contributed by atoms with Gasteiger partial charge in [-0.15, -0.1) is 0 Å². The summed E-state index contributed by atoms with van der Waals surface area (Å²) in [5.41, 5.74) is 3.83. The average molecular weight is 480 g/mol. The maximum atomic E-state index is 13.5. The van der Waals surface area contributed by atoms with Gasteiger partial charge in [0.05, 0.1) is 38.3 Å². The number of ether oxygens (including phenoxy) is 3. The number of nitrogens with zero attached hydrogens (tertiary/aromatic N) is 1. The van der Waals surface area contributed by atoms with Crippen LogP contribution in [0.15, 0.2) is 60.7 Å². The smallest absolute Gasteiger partial charge is 0.337 e. The molecule has 3 aromatic carbocycles. The van der Waals surface area contributed by atoms with Crippen LogP contribution in [0.1, 0.15) is 46.9 Å². The molecule has 0 unspecified atom stereocenters. The summed E-state index contributed by atoms with van der Waals surface area (Å²) >= 11 is 6.15. The lowest BCUT2D eigenvalue weighted by Crippen LogP contribution is -2.41. The lowest BCUT2D eigenvalue weighted by Gasteiger charge is -2.38. The number of anilines is 1. The predicted octanol–water partition coefficient (Wildman–Crippen LogP) is 5.60. The Kier molecular flexibility index (Phi) is 7.08. The molecular weight excluding hydrogens is 454 g/mol. The molecule has 6 nitrogen and oxygen atoms in total. The van der Waals surface area contributed by atoms with Gasteiger partial charge < -0.3 is 19.1 Å². The van der Waals surface area contributed by atoms with E-state index in [-0.39, 0.29) is 12.3 Å². The Balaban J connectivity index is 1.87. The first-order valence-electron chi connectivity index (χ1n) is 11.1. The molecule has 0 radical (unpaired) electrons. The zero-order valence-electron chi connectivity index (χ0n) is 19.3. The molecule has 1 atom stereocenters. The first-order valence-corrected chi connectivity index (χ1v) is 11.5. The first kappa shape index (κ1) is 23.6. The Bertz CT molecular complexity index is 1190. The number of esters is 1. The number of carbonyl (C=O) groups excluding carboxylic acids is 2. The Morgan fingerprint density at radius 3 is 2.18 bits per heavy atom. The van der Waals surface area contributed by atoms with Crippen molar-refractivity contribution in [2.75, 3.05) is 25.2 Å². The molecule has 1 aliphatic rings. The molecule has 7 heteroatoms. The topological polar surface area (TPSA) is 65.1 Å². The molecule has 1 heterocycles. The lowest BCUT2D eigenvalue weighted by atomic mass is 9.86. The Labute approximate surface area is 204 Å². The van der Waals surface area contributed by atoms with E-state index in [9.17, 15) is 9.59 Å². The summed E-state index contributed by atoms with van der Waals surface area (Å²) in [6.45, 7) is 4.81. The van der Waals surface area contributed by atoms with Crippen molar-refractivity contribution in [2.45, 2.75) is 26.3 Å². The average Bonchev–Trinajstić information content (AvgIpc) is 2.84. The summed E-state index contributed by atoms with van der Waals surface area (Å²) in [6, 6.07) is 17.8. The molecule has 0 aromatic heterocycles. The minimum Gasteiger partial charge on any atom is -0.490 e. The standard InChI is InChI=1S/C27H26ClNO5/c1-4-33-23-14-19-15-25(30)29(21-12-8-18(9-13-21)27(31)32-3)26(17-6-10-20(28)11-7-17)22(19)16-24(23)34-5-2/h6-14,16,26H,4-5,15H2,1-3H3/t26-/m0/s1. The van der Waals surface area contributed by atoms with Crippen molar-refractivity contribution in [2.24, 2.45) is 0 Å². The molecule has 176 valence electrons. The van der Waals surface area contributed by atoms with Gasteiger partial charge in [0.1, 0.15) is 0 Å². The van der Waals surface area contributed by atoms with Crippen LogP contribution in [0.25, 0.3) is 0 Å². The van der Waals surface area contributed by atoms with E-state index in [1.807, 2.05) is 50.2 Å². The number of hydrogen-bond acceptors (Lipinski definition) is 5. The fourth-order valence-corrected chi connectivity index (χ4v) is 4.36. The van der Waals surface area contributed by atoms with Crippen LogP contribution in [-0.4, -0.2) is 32.2 Å². The molecule has 0 saturated carbocycles. The zero-order valence-corrected chi connectivity index (χ0v) is 20.1. The molecule has 0 N–H and O–H groups in total. The number of rotatable bonds is 7. The van der Waals surface area contributed by atoms with E-state index in [1.165, 1.54) is 7.11 Å². The van der Waals surface area contributed by atoms with Gasteiger partial charge in [0.25, 0.3) is 0 Å². The van der Waals surface area contributed by atoms with Gasteiger partial charge in [-0.1, -0.05) is 23.7 Å². The Morgan fingerprint density at radius 2 is 1.59 bits per heavy atom. The van der Waals surface area contributed by atoms with Gasteiger partial charge in [0, 0.05) is 10.7 Å². The van der Waals surface area contributed by atoms with E-state index in [4.69, 9.17) is 25.8 Å². The summed E-state index contributed by atoms with van der Waals surface area (Å²) in [7, 11) is 1.34. The lowest BCUT2D eigenvalue weighted by molar-refractivity contribution is -0.118.